The molecule has 0 atom stereocenters. The van der Waals surface area contributed by atoms with Crippen molar-refractivity contribution in [2.75, 3.05) is 18.9 Å². The molecular formula is C13H16N2O. The van der Waals surface area contributed by atoms with Crippen LogP contribution < -0.4 is 10.6 Å². The van der Waals surface area contributed by atoms with Gasteiger partial charge < -0.3 is 10.6 Å². The monoisotopic (exact) mass is 216 g/mol. The van der Waals surface area contributed by atoms with E-state index in [1.807, 2.05) is 31.3 Å². The van der Waals surface area contributed by atoms with Gasteiger partial charge in [0.25, 0.3) is 0 Å². The molecule has 0 radical (unpaired) electrons. The number of amides is 1. The number of carbonyl (C=O) groups is 1. The molecule has 1 aromatic rings. The predicted octanol–water partition coefficient (Wildman–Crippen LogP) is 1.61. The van der Waals surface area contributed by atoms with Crippen LogP contribution in [0.5, 0.6) is 0 Å². The lowest BCUT2D eigenvalue weighted by Gasteiger charge is -1.98. The van der Waals surface area contributed by atoms with E-state index in [4.69, 9.17) is 0 Å². The minimum atomic E-state index is -0.0137. The quantitative estimate of drug-likeness (QED) is 0.595. The Labute approximate surface area is 96.2 Å². The molecule has 0 bridgehead atoms. The second kappa shape index (κ2) is 6.52. The highest BCUT2D eigenvalue weighted by Crippen LogP contribution is 2.07. The molecule has 0 fully saturated rings. The highest BCUT2D eigenvalue weighted by Gasteiger charge is 1.89. The smallest absolute Gasteiger partial charge is 0.216 e. The van der Waals surface area contributed by atoms with Crippen molar-refractivity contribution in [1.29, 1.82) is 0 Å². The number of carbonyl (C=O) groups excluding carboxylic acids is 1. The van der Waals surface area contributed by atoms with Gasteiger partial charge in [0.15, 0.2) is 0 Å². The van der Waals surface area contributed by atoms with E-state index in [-0.39, 0.29) is 5.91 Å². The van der Waals surface area contributed by atoms with Crippen LogP contribution in [0.4, 0.5) is 5.69 Å². The number of nitrogens with one attached hydrogen (secondary N) is 2. The maximum atomic E-state index is 10.6. The summed E-state index contributed by atoms with van der Waals surface area (Å²) in [5, 5.41) is 5.75. The van der Waals surface area contributed by atoms with E-state index < -0.39 is 0 Å². The van der Waals surface area contributed by atoms with Gasteiger partial charge >= 0.3 is 0 Å². The Morgan fingerprint density at radius 2 is 2.00 bits per heavy atom. The third kappa shape index (κ3) is 4.52. The Hall–Kier alpha value is -1.95. The van der Waals surface area contributed by atoms with E-state index in [0.717, 1.165) is 11.3 Å². The van der Waals surface area contributed by atoms with Gasteiger partial charge in [0.05, 0.1) is 0 Å². The molecule has 84 valence electrons. The predicted molar refractivity (Wildman–Crippen MR) is 66.2 cm³/mol. The SMILES string of the molecule is CNc1ccc(C#CCCNC(C)=O)cc1. The first-order valence-electron chi connectivity index (χ1n) is 5.23. The summed E-state index contributed by atoms with van der Waals surface area (Å²) in [5.74, 6) is 6.04. The average molecular weight is 216 g/mol. The second-order valence-corrected chi connectivity index (χ2v) is 3.36. The van der Waals surface area contributed by atoms with Crippen LogP contribution in [0.1, 0.15) is 18.9 Å². The maximum Gasteiger partial charge on any atom is 0.216 e. The molecule has 1 amide bonds. The largest absolute Gasteiger partial charge is 0.388 e. The van der Waals surface area contributed by atoms with Crippen molar-refractivity contribution in [2.24, 2.45) is 0 Å². The zero-order valence-electron chi connectivity index (χ0n) is 9.63. The summed E-state index contributed by atoms with van der Waals surface area (Å²) >= 11 is 0. The standard InChI is InChI=1S/C13H16N2O/c1-11(16)15-10-4-3-5-12-6-8-13(14-2)9-7-12/h6-9,14H,4,10H2,1-2H3,(H,15,16). The van der Waals surface area contributed by atoms with E-state index in [0.29, 0.717) is 13.0 Å². The summed E-state index contributed by atoms with van der Waals surface area (Å²) in [6.45, 7) is 2.11. The van der Waals surface area contributed by atoms with Crippen LogP contribution in [0.2, 0.25) is 0 Å². The third-order valence-corrected chi connectivity index (χ3v) is 2.03. The van der Waals surface area contributed by atoms with Crippen molar-refractivity contribution in [3.05, 3.63) is 29.8 Å². The van der Waals surface area contributed by atoms with Crippen LogP contribution in [-0.2, 0) is 4.79 Å². The molecule has 0 saturated heterocycles. The van der Waals surface area contributed by atoms with Gasteiger partial charge in [-0.3, -0.25) is 4.79 Å². The molecule has 0 aliphatic carbocycles. The van der Waals surface area contributed by atoms with E-state index in [1.54, 1.807) is 0 Å². The van der Waals surface area contributed by atoms with E-state index in [2.05, 4.69) is 22.5 Å². The number of anilines is 1. The molecule has 16 heavy (non-hydrogen) atoms. The molecule has 0 aromatic heterocycles. The Bertz CT molecular complexity index is 398. The van der Waals surface area contributed by atoms with Crippen LogP contribution in [0.25, 0.3) is 0 Å². The van der Waals surface area contributed by atoms with E-state index in [9.17, 15) is 4.79 Å². The molecule has 1 rings (SSSR count). The molecule has 0 unspecified atom stereocenters. The van der Waals surface area contributed by atoms with Gasteiger partial charge in [-0.2, -0.15) is 0 Å². The summed E-state index contributed by atoms with van der Waals surface area (Å²) in [6, 6.07) is 7.91. The number of benzene rings is 1. The van der Waals surface area contributed by atoms with Crippen molar-refractivity contribution in [3.63, 3.8) is 0 Å². The van der Waals surface area contributed by atoms with Gasteiger partial charge in [0, 0.05) is 38.2 Å². The fraction of sp³-hybridized carbons (Fsp3) is 0.308. The Balaban J connectivity index is 2.41. The maximum absolute atomic E-state index is 10.6. The number of hydrogen-bond donors (Lipinski definition) is 2. The molecule has 2 N–H and O–H groups in total. The van der Waals surface area contributed by atoms with Crippen molar-refractivity contribution in [1.82, 2.24) is 5.32 Å². The summed E-state index contributed by atoms with van der Waals surface area (Å²) in [6.07, 6.45) is 0.674. The zero-order valence-corrected chi connectivity index (χ0v) is 9.63. The molecule has 3 heteroatoms. The summed E-state index contributed by atoms with van der Waals surface area (Å²) in [4.78, 5) is 10.6. The lowest BCUT2D eigenvalue weighted by molar-refractivity contribution is -0.118. The molecule has 3 nitrogen and oxygen atoms in total. The highest BCUT2D eigenvalue weighted by atomic mass is 16.1. The minimum Gasteiger partial charge on any atom is -0.388 e. The second-order valence-electron chi connectivity index (χ2n) is 3.36. The van der Waals surface area contributed by atoms with Crippen LogP contribution in [0.3, 0.4) is 0 Å². The van der Waals surface area contributed by atoms with Crippen molar-refractivity contribution in [2.45, 2.75) is 13.3 Å². The van der Waals surface area contributed by atoms with E-state index in [1.165, 1.54) is 6.92 Å². The molecule has 0 saturated carbocycles. The molecule has 0 spiro atoms. The molecule has 0 aliphatic rings. The van der Waals surface area contributed by atoms with Crippen LogP contribution in [0, 0.1) is 11.8 Å². The van der Waals surface area contributed by atoms with Crippen molar-refractivity contribution in [3.8, 4) is 11.8 Å². The lowest BCUT2D eigenvalue weighted by Crippen LogP contribution is -2.20. The third-order valence-electron chi connectivity index (χ3n) is 2.03. The molecular weight excluding hydrogens is 200 g/mol. The van der Waals surface area contributed by atoms with Gasteiger partial charge in [0.2, 0.25) is 5.91 Å². The average Bonchev–Trinajstić information content (AvgIpc) is 2.29. The number of rotatable bonds is 3. The van der Waals surface area contributed by atoms with Gasteiger partial charge in [-0.05, 0) is 24.3 Å². The number of hydrogen-bond acceptors (Lipinski definition) is 2. The summed E-state index contributed by atoms with van der Waals surface area (Å²) in [7, 11) is 1.88. The van der Waals surface area contributed by atoms with Crippen molar-refractivity contribution < 1.29 is 4.79 Å². The first kappa shape index (κ1) is 12.1. The minimum absolute atomic E-state index is 0.0137. The van der Waals surface area contributed by atoms with Crippen LogP contribution in [0.15, 0.2) is 24.3 Å². The molecule has 1 aromatic carbocycles. The van der Waals surface area contributed by atoms with Gasteiger partial charge in [-0.15, -0.1) is 0 Å². The normalized spacial score (nSPS) is 8.88. The first-order valence-corrected chi connectivity index (χ1v) is 5.23. The van der Waals surface area contributed by atoms with E-state index >= 15 is 0 Å². The van der Waals surface area contributed by atoms with Crippen LogP contribution in [-0.4, -0.2) is 19.5 Å². The first-order chi connectivity index (χ1) is 7.72. The highest BCUT2D eigenvalue weighted by molar-refractivity contribution is 5.72. The summed E-state index contributed by atoms with van der Waals surface area (Å²) < 4.78 is 0. The van der Waals surface area contributed by atoms with Gasteiger partial charge in [-0.1, -0.05) is 11.8 Å². The fourth-order valence-corrected chi connectivity index (χ4v) is 1.19. The Morgan fingerprint density at radius 3 is 2.56 bits per heavy atom. The van der Waals surface area contributed by atoms with Crippen molar-refractivity contribution >= 4 is 11.6 Å². The van der Waals surface area contributed by atoms with Gasteiger partial charge in [-0.25, -0.2) is 0 Å². The Morgan fingerprint density at radius 1 is 1.31 bits per heavy atom. The molecule has 0 aliphatic heterocycles. The van der Waals surface area contributed by atoms with Crippen LogP contribution >= 0.6 is 0 Å². The topological polar surface area (TPSA) is 41.1 Å². The lowest BCUT2D eigenvalue weighted by atomic mass is 10.2. The fourth-order valence-electron chi connectivity index (χ4n) is 1.19. The zero-order chi connectivity index (χ0) is 11.8. The Kier molecular flexibility index (Phi) is 4.94. The summed E-state index contributed by atoms with van der Waals surface area (Å²) in [5.41, 5.74) is 2.06. The molecule has 0 heterocycles. The van der Waals surface area contributed by atoms with Gasteiger partial charge in [0.1, 0.15) is 0 Å².